The Labute approximate surface area is 125 Å². The van der Waals surface area contributed by atoms with Crippen LogP contribution < -0.4 is 11.1 Å². The molecule has 1 saturated heterocycles. The molecule has 1 aromatic heterocycles. The van der Waals surface area contributed by atoms with Crippen molar-refractivity contribution in [1.82, 2.24) is 14.7 Å². The van der Waals surface area contributed by atoms with Gasteiger partial charge in [-0.2, -0.15) is 5.10 Å². The lowest BCUT2D eigenvalue weighted by Gasteiger charge is -2.34. The number of carbonyl (C=O) groups is 1. The van der Waals surface area contributed by atoms with Crippen LogP contribution in [-0.4, -0.2) is 59.0 Å². The Hall–Kier alpha value is -1.44. The zero-order valence-electron chi connectivity index (χ0n) is 13.2. The van der Waals surface area contributed by atoms with Crippen LogP contribution in [0.15, 0.2) is 0 Å². The van der Waals surface area contributed by atoms with Crippen molar-refractivity contribution in [1.29, 1.82) is 0 Å². The average Bonchev–Trinajstić information content (AvgIpc) is 2.65. The van der Waals surface area contributed by atoms with Gasteiger partial charge in [0.05, 0.1) is 36.3 Å². The molecule has 7 nitrogen and oxygen atoms in total. The van der Waals surface area contributed by atoms with E-state index in [4.69, 9.17) is 10.5 Å². The molecule has 1 aliphatic heterocycles. The molecule has 21 heavy (non-hydrogen) atoms. The van der Waals surface area contributed by atoms with Crippen LogP contribution in [0.1, 0.15) is 18.3 Å². The molecule has 2 atom stereocenters. The quantitative estimate of drug-likeness (QED) is 0.818. The van der Waals surface area contributed by atoms with Crippen LogP contribution in [0.25, 0.3) is 0 Å². The van der Waals surface area contributed by atoms with E-state index in [9.17, 15) is 4.79 Å². The number of rotatable bonds is 4. The number of aryl methyl sites for hydroxylation is 2. The van der Waals surface area contributed by atoms with Crippen molar-refractivity contribution in [3.63, 3.8) is 0 Å². The number of nitrogens with one attached hydrogen (secondary N) is 1. The highest BCUT2D eigenvalue weighted by Gasteiger charge is 2.25. The standard InChI is InChI=1S/C14H25N5O2/c1-9(15)12-7-19(5-6-21-12)8-13(20)16-14-10(2)17-18(4)11(14)3/h9,12H,5-8,15H2,1-4H3,(H,16,20). The summed E-state index contributed by atoms with van der Waals surface area (Å²) in [6.45, 7) is 8.17. The van der Waals surface area contributed by atoms with Gasteiger partial charge in [0.15, 0.2) is 0 Å². The number of amides is 1. The summed E-state index contributed by atoms with van der Waals surface area (Å²) in [6, 6.07) is -0.0290. The molecular weight excluding hydrogens is 270 g/mol. The van der Waals surface area contributed by atoms with E-state index in [1.807, 2.05) is 27.8 Å². The highest BCUT2D eigenvalue weighted by Crippen LogP contribution is 2.18. The molecule has 1 aromatic rings. The van der Waals surface area contributed by atoms with Crippen molar-refractivity contribution < 1.29 is 9.53 Å². The van der Waals surface area contributed by atoms with Crippen LogP contribution in [0.4, 0.5) is 5.69 Å². The molecule has 118 valence electrons. The largest absolute Gasteiger partial charge is 0.374 e. The minimum Gasteiger partial charge on any atom is -0.374 e. The number of nitrogens with two attached hydrogens (primary N) is 1. The fourth-order valence-corrected chi connectivity index (χ4v) is 2.53. The van der Waals surface area contributed by atoms with Crippen LogP contribution in [0.3, 0.4) is 0 Å². The van der Waals surface area contributed by atoms with Crippen molar-refractivity contribution in [3.8, 4) is 0 Å². The van der Waals surface area contributed by atoms with Crippen molar-refractivity contribution >= 4 is 11.6 Å². The third kappa shape index (κ3) is 3.81. The second-order valence-corrected chi connectivity index (χ2v) is 5.72. The van der Waals surface area contributed by atoms with Crippen LogP contribution in [-0.2, 0) is 16.6 Å². The van der Waals surface area contributed by atoms with E-state index in [2.05, 4.69) is 15.3 Å². The predicted octanol–water partition coefficient (Wildman–Crippen LogP) is 0.0234. The maximum absolute atomic E-state index is 12.2. The first-order valence-electron chi connectivity index (χ1n) is 7.28. The van der Waals surface area contributed by atoms with Gasteiger partial charge in [-0.05, 0) is 20.8 Å². The van der Waals surface area contributed by atoms with Gasteiger partial charge in [-0.25, -0.2) is 0 Å². The maximum atomic E-state index is 12.2. The molecule has 0 spiro atoms. The first-order valence-corrected chi connectivity index (χ1v) is 7.28. The third-order valence-electron chi connectivity index (χ3n) is 3.90. The number of carbonyl (C=O) groups excluding carboxylic acids is 1. The van der Waals surface area contributed by atoms with E-state index in [0.29, 0.717) is 19.7 Å². The van der Waals surface area contributed by atoms with Gasteiger partial charge in [0.1, 0.15) is 0 Å². The van der Waals surface area contributed by atoms with Crippen molar-refractivity contribution in [2.45, 2.75) is 32.9 Å². The SMILES string of the molecule is Cc1nn(C)c(C)c1NC(=O)CN1CCOC(C(C)N)C1. The van der Waals surface area contributed by atoms with Gasteiger partial charge < -0.3 is 15.8 Å². The Morgan fingerprint density at radius 2 is 2.29 bits per heavy atom. The smallest absolute Gasteiger partial charge is 0.238 e. The highest BCUT2D eigenvalue weighted by molar-refractivity contribution is 5.93. The van der Waals surface area contributed by atoms with Gasteiger partial charge >= 0.3 is 0 Å². The molecule has 0 radical (unpaired) electrons. The number of aromatic nitrogens is 2. The Morgan fingerprint density at radius 3 is 2.86 bits per heavy atom. The van der Waals surface area contributed by atoms with Crippen LogP contribution in [0.5, 0.6) is 0 Å². The van der Waals surface area contributed by atoms with Gasteiger partial charge in [0.25, 0.3) is 0 Å². The summed E-state index contributed by atoms with van der Waals surface area (Å²) in [6.07, 6.45) is -0.00610. The lowest BCUT2D eigenvalue weighted by molar-refractivity contribution is -0.119. The number of nitrogens with zero attached hydrogens (tertiary/aromatic N) is 3. The molecular formula is C14H25N5O2. The number of morpholine rings is 1. The van der Waals surface area contributed by atoms with Gasteiger partial charge in [-0.1, -0.05) is 0 Å². The zero-order chi connectivity index (χ0) is 15.6. The molecule has 2 unspecified atom stereocenters. The van der Waals surface area contributed by atoms with Gasteiger partial charge in [-0.15, -0.1) is 0 Å². The Kier molecular flexibility index (Phi) is 4.97. The molecule has 7 heteroatoms. The molecule has 2 rings (SSSR count). The molecule has 1 fully saturated rings. The van der Waals surface area contributed by atoms with Gasteiger partial charge in [-0.3, -0.25) is 14.4 Å². The number of hydrogen-bond donors (Lipinski definition) is 2. The number of anilines is 1. The molecule has 0 bridgehead atoms. The minimum atomic E-state index is -0.0290. The molecule has 0 aliphatic carbocycles. The van der Waals surface area contributed by atoms with Crippen molar-refractivity contribution in [2.24, 2.45) is 12.8 Å². The highest BCUT2D eigenvalue weighted by atomic mass is 16.5. The topological polar surface area (TPSA) is 85.4 Å². The van der Waals surface area contributed by atoms with Gasteiger partial charge in [0.2, 0.25) is 5.91 Å². The van der Waals surface area contributed by atoms with E-state index >= 15 is 0 Å². The summed E-state index contributed by atoms with van der Waals surface area (Å²) in [7, 11) is 1.87. The monoisotopic (exact) mass is 295 g/mol. The summed E-state index contributed by atoms with van der Waals surface area (Å²) in [5.41, 5.74) is 8.46. The third-order valence-corrected chi connectivity index (χ3v) is 3.90. The summed E-state index contributed by atoms with van der Waals surface area (Å²) in [5.74, 6) is -0.0282. The fraction of sp³-hybridized carbons (Fsp3) is 0.714. The summed E-state index contributed by atoms with van der Waals surface area (Å²) < 4.78 is 7.37. The normalized spacial score (nSPS) is 21.3. The lowest BCUT2D eigenvalue weighted by Crippen LogP contribution is -2.51. The van der Waals surface area contributed by atoms with Crippen LogP contribution >= 0.6 is 0 Å². The second kappa shape index (κ2) is 6.55. The first-order chi connectivity index (χ1) is 9.88. The number of ether oxygens (including phenoxy) is 1. The Morgan fingerprint density at radius 1 is 1.57 bits per heavy atom. The summed E-state index contributed by atoms with van der Waals surface area (Å²) in [5, 5.41) is 7.25. The van der Waals surface area contributed by atoms with Crippen LogP contribution in [0.2, 0.25) is 0 Å². The second-order valence-electron chi connectivity index (χ2n) is 5.72. The van der Waals surface area contributed by atoms with E-state index in [1.54, 1.807) is 4.68 Å². The van der Waals surface area contributed by atoms with E-state index in [0.717, 1.165) is 23.6 Å². The van der Waals surface area contributed by atoms with E-state index < -0.39 is 0 Å². The lowest BCUT2D eigenvalue weighted by atomic mass is 10.1. The molecule has 1 amide bonds. The summed E-state index contributed by atoms with van der Waals surface area (Å²) >= 11 is 0. The molecule has 1 aliphatic rings. The fourth-order valence-electron chi connectivity index (χ4n) is 2.53. The van der Waals surface area contributed by atoms with Crippen molar-refractivity contribution in [2.75, 3.05) is 31.6 Å². The molecule has 3 N–H and O–H groups in total. The van der Waals surface area contributed by atoms with E-state index in [1.165, 1.54) is 0 Å². The summed E-state index contributed by atoms with van der Waals surface area (Å²) in [4.78, 5) is 14.3. The Bertz CT molecular complexity index is 512. The number of hydrogen-bond acceptors (Lipinski definition) is 5. The first kappa shape index (κ1) is 15.9. The molecule has 0 aromatic carbocycles. The maximum Gasteiger partial charge on any atom is 0.238 e. The zero-order valence-corrected chi connectivity index (χ0v) is 13.2. The molecule has 0 saturated carbocycles. The van der Waals surface area contributed by atoms with Crippen LogP contribution in [0, 0.1) is 13.8 Å². The van der Waals surface area contributed by atoms with E-state index in [-0.39, 0.29) is 18.1 Å². The Balaban J connectivity index is 1.92. The average molecular weight is 295 g/mol. The predicted molar refractivity (Wildman–Crippen MR) is 81.1 cm³/mol. The van der Waals surface area contributed by atoms with Crippen molar-refractivity contribution in [3.05, 3.63) is 11.4 Å². The molecule has 2 heterocycles. The van der Waals surface area contributed by atoms with Gasteiger partial charge in [0, 0.05) is 26.2 Å². The minimum absolute atomic E-state index is 0.00610.